The molecule has 16 heavy (non-hydrogen) atoms. The van der Waals surface area contributed by atoms with Gasteiger partial charge >= 0.3 is 5.97 Å². The lowest BCUT2D eigenvalue weighted by atomic mass is 10.2. The van der Waals surface area contributed by atoms with E-state index in [1.165, 1.54) is 0 Å². The summed E-state index contributed by atoms with van der Waals surface area (Å²) in [6.07, 6.45) is 3.82. The number of imidazole rings is 1. The molecule has 1 aliphatic heterocycles. The summed E-state index contributed by atoms with van der Waals surface area (Å²) in [6.45, 7) is 0.579. The Morgan fingerprint density at radius 1 is 1.75 bits per heavy atom. The van der Waals surface area contributed by atoms with Crippen molar-refractivity contribution in [2.24, 2.45) is 0 Å². The molecular weight excluding hydrogens is 230 g/mol. The molecule has 0 spiro atoms. The third-order valence-electron chi connectivity index (χ3n) is 2.31. The van der Waals surface area contributed by atoms with E-state index in [1.54, 1.807) is 12.4 Å². The Hall–Kier alpha value is -1.50. The molecule has 0 saturated carbocycles. The van der Waals surface area contributed by atoms with Crippen molar-refractivity contribution in [1.29, 1.82) is 0 Å². The number of hydrogen-bond donors (Lipinski definition) is 2. The van der Waals surface area contributed by atoms with Crippen LogP contribution in [0.3, 0.4) is 0 Å². The fraction of sp³-hybridized carbons (Fsp3) is 0.444. The molecule has 86 valence electrons. The summed E-state index contributed by atoms with van der Waals surface area (Å²) >= 11 is 1.16. The van der Waals surface area contributed by atoms with Crippen molar-refractivity contribution in [2.75, 3.05) is 12.3 Å². The van der Waals surface area contributed by atoms with Crippen LogP contribution in [0.5, 0.6) is 0 Å². The Morgan fingerprint density at radius 2 is 2.56 bits per heavy atom. The Kier molecular flexibility index (Phi) is 3.14. The number of aromatic nitrogens is 2. The first-order valence-electron chi connectivity index (χ1n) is 4.81. The van der Waals surface area contributed by atoms with Gasteiger partial charge in [0.05, 0.1) is 11.8 Å². The average Bonchev–Trinajstić information content (AvgIpc) is 2.82. The molecule has 1 unspecified atom stereocenters. The minimum absolute atomic E-state index is 0.0212. The number of rotatable bonds is 4. The Bertz CT molecular complexity index is 418. The molecule has 1 aromatic rings. The molecule has 1 aromatic heterocycles. The third-order valence-corrected chi connectivity index (χ3v) is 3.27. The monoisotopic (exact) mass is 241 g/mol. The van der Waals surface area contributed by atoms with Gasteiger partial charge in [0.1, 0.15) is 0 Å². The number of nitrogens with zero attached hydrogens (tertiary/aromatic N) is 2. The normalized spacial score (nSPS) is 19.8. The smallest absolute Gasteiger partial charge is 0.313 e. The van der Waals surface area contributed by atoms with Crippen molar-refractivity contribution < 1.29 is 14.7 Å². The number of carbonyl (C=O) groups excluding carboxylic acids is 1. The van der Waals surface area contributed by atoms with E-state index >= 15 is 0 Å². The summed E-state index contributed by atoms with van der Waals surface area (Å²) < 4.78 is 1.85. The van der Waals surface area contributed by atoms with E-state index in [4.69, 9.17) is 5.11 Å². The van der Waals surface area contributed by atoms with E-state index in [0.29, 0.717) is 18.1 Å². The number of thioether (sulfide) groups is 1. The lowest BCUT2D eigenvalue weighted by Crippen LogP contribution is -2.15. The van der Waals surface area contributed by atoms with E-state index in [9.17, 15) is 9.59 Å². The SMILES string of the molecule is O=C(O)CSc1nccn1C1CNC(=O)C1. The predicted molar refractivity (Wildman–Crippen MR) is 57.3 cm³/mol. The highest BCUT2D eigenvalue weighted by atomic mass is 32.2. The molecule has 2 rings (SSSR count). The van der Waals surface area contributed by atoms with Crippen LogP contribution in [0.4, 0.5) is 0 Å². The second-order valence-electron chi connectivity index (χ2n) is 3.46. The highest BCUT2D eigenvalue weighted by molar-refractivity contribution is 7.99. The summed E-state index contributed by atoms with van der Waals surface area (Å²) in [7, 11) is 0. The molecule has 0 radical (unpaired) electrons. The molecule has 7 heteroatoms. The van der Waals surface area contributed by atoms with Gasteiger partial charge in [-0.15, -0.1) is 0 Å². The maximum atomic E-state index is 11.1. The second kappa shape index (κ2) is 4.56. The largest absolute Gasteiger partial charge is 0.481 e. The van der Waals surface area contributed by atoms with E-state index in [-0.39, 0.29) is 17.7 Å². The van der Waals surface area contributed by atoms with Gasteiger partial charge in [-0.3, -0.25) is 9.59 Å². The van der Waals surface area contributed by atoms with Gasteiger partial charge in [0, 0.05) is 25.4 Å². The number of nitrogens with one attached hydrogen (secondary N) is 1. The predicted octanol–water partition coefficient (Wildman–Crippen LogP) is 0.121. The molecule has 0 aliphatic carbocycles. The molecule has 1 saturated heterocycles. The summed E-state index contributed by atoms with van der Waals surface area (Å²) in [5, 5.41) is 12.0. The van der Waals surface area contributed by atoms with Crippen LogP contribution in [0.2, 0.25) is 0 Å². The van der Waals surface area contributed by atoms with Gasteiger partial charge in [0.2, 0.25) is 5.91 Å². The second-order valence-corrected chi connectivity index (χ2v) is 4.40. The number of carbonyl (C=O) groups is 2. The van der Waals surface area contributed by atoms with Crippen LogP contribution >= 0.6 is 11.8 Å². The van der Waals surface area contributed by atoms with Crippen LogP contribution in [0.1, 0.15) is 12.5 Å². The van der Waals surface area contributed by atoms with Gasteiger partial charge < -0.3 is 15.0 Å². The molecule has 1 aliphatic rings. The van der Waals surface area contributed by atoms with Crippen molar-refractivity contribution in [1.82, 2.24) is 14.9 Å². The van der Waals surface area contributed by atoms with Crippen LogP contribution < -0.4 is 5.32 Å². The Balaban J connectivity index is 2.06. The van der Waals surface area contributed by atoms with Gasteiger partial charge in [-0.05, 0) is 0 Å². The molecule has 1 fully saturated rings. The number of hydrogen-bond acceptors (Lipinski definition) is 4. The van der Waals surface area contributed by atoms with E-state index in [2.05, 4.69) is 10.3 Å². The molecule has 6 nitrogen and oxygen atoms in total. The lowest BCUT2D eigenvalue weighted by Gasteiger charge is -2.11. The average molecular weight is 241 g/mol. The fourth-order valence-electron chi connectivity index (χ4n) is 1.60. The standard InChI is InChI=1S/C9H11N3O3S/c13-7-3-6(4-11-7)12-2-1-10-9(12)16-5-8(14)15/h1-2,6H,3-5H2,(H,11,13)(H,14,15). The first-order valence-corrected chi connectivity index (χ1v) is 5.79. The zero-order chi connectivity index (χ0) is 11.5. The number of carboxylic acids is 1. The van der Waals surface area contributed by atoms with Crippen molar-refractivity contribution >= 4 is 23.6 Å². The fourth-order valence-corrected chi connectivity index (χ4v) is 2.35. The van der Waals surface area contributed by atoms with Crippen molar-refractivity contribution in [3.8, 4) is 0 Å². The number of aliphatic carboxylic acids is 1. The number of carboxylic acid groups (broad SMARTS) is 1. The highest BCUT2D eigenvalue weighted by Gasteiger charge is 2.24. The molecule has 0 bridgehead atoms. The highest BCUT2D eigenvalue weighted by Crippen LogP contribution is 2.23. The maximum absolute atomic E-state index is 11.1. The molecule has 2 N–H and O–H groups in total. The molecule has 2 heterocycles. The van der Waals surface area contributed by atoms with Gasteiger partial charge in [-0.2, -0.15) is 0 Å². The van der Waals surface area contributed by atoms with Crippen LogP contribution in [-0.4, -0.2) is 38.8 Å². The van der Waals surface area contributed by atoms with Crippen molar-refractivity contribution in [3.05, 3.63) is 12.4 Å². The van der Waals surface area contributed by atoms with E-state index in [0.717, 1.165) is 11.8 Å². The quantitative estimate of drug-likeness (QED) is 0.731. The third kappa shape index (κ3) is 2.35. The first-order chi connectivity index (χ1) is 7.66. The van der Waals surface area contributed by atoms with Crippen LogP contribution in [0.15, 0.2) is 17.6 Å². The Labute approximate surface area is 96.0 Å². The molecule has 1 atom stereocenters. The van der Waals surface area contributed by atoms with Crippen molar-refractivity contribution in [3.63, 3.8) is 0 Å². The first kappa shape index (κ1) is 11.0. The zero-order valence-corrected chi connectivity index (χ0v) is 9.24. The summed E-state index contributed by atoms with van der Waals surface area (Å²) in [5.74, 6) is -0.876. The number of amides is 1. The minimum atomic E-state index is -0.875. The molecular formula is C9H11N3O3S. The van der Waals surface area contributed by atoms with Crippen LogP contribution in [0, 0.1) is 0 Å². The lowest BCUT2D eigenvalue weighted by molar-refractivity contribution is -0.134. The van der Waals surface area contributed by atoms with E-state index in [1.807, 2.05) is 4.57 Å². The zero-order valence-electron chi connectivity index (χ0n) is 8.42. The summed E-state index contributed by atoms with van der Waals surface area (Å²) in [5.41, 5.74) is 0. The Morgan fingerprint density at radius 3 is 3.19 bits per heavy atom. The minimum Gasteiger partial charge on any atom is -0.481 e. The summed E-state index contributed by atoms with van der Waals surface area (Å²) in [4.78, 5) is 25.6. The topological polar surface area (TPSA) is 84.2 Å². The van der Waals surface area contributed by atoms with Gasteiger partial charge in [0.15, 0.2) is 5.16 Å². The van der Waals surface area contributed by atoms with Crippen LogP contribution in [-0.2, 0) is 9.59 Å². The molecule has 1 amide bonds. The van der Waals surface area contributed by atoms with Crippen LogP contribution in [0.25, 0.3) is 0 Å². The van der Waals surface area contributed by atoms with Gasteiger partial charge in [-0.1, -0.05) is 11.8 Å². The van der Waals surface area contributed by atoms with Crippen molar-refractivity contribution in [2.45, 2.75) is 17.6 Å². The van der Waals surface area contributed by atoms with E-state index < -0.39 is 5.97 Å². The maximum Gasteiger partial charge on any atom is 0.313 e. The summed E-state index contributed by atoms with van der Waals surface area (Å²) in [6, 6.07) is 0.0475. The molecule has 0 aromatic carbocycles. The van der Waals surface area contributed by atoms with Gasteiger partial charge in [-0.25, -0.2) is 4.98 Å². The van der Waals surface area contributed by atoms with Gasteiger partial charge in [0.25, 0.3) is 0 Å².